The summed E-state index contributed by atoms with van der Waals surface area (Å²) >= 11 is 0. The third-order valence-corrected chi connectivity index (χ3v) is 2.89. The van der Waals surface area contributed by atoms with Gasteiger partial charge in [0.15, 0.2) is 0 Å². The average molecular weight is 321 g/mol. The maximum Gasteiger partial charge on any atom is 0.367 e. The van der Waals surface area contributed by atoms with Crippen LogP contribution in [-0.4, -0.2) is 43.6 Å². The number of hydrogen-bond donors (Lipinski definition) is 0. The Kier molecular flexibility index (Phi) is 4.35. The van der Waals surface area contributed by atoms with Crippen molar-refractivity contribution in [1.82, 2.24) is 0 Å². The topological polar surface area (TPSA) is 100 Å². The van der Waals surface area contributed by atoms with Gasteiger partial charge >= 0.3 is 17.9 Å². The molecular formula is C15H15NO7. The van der Waals surface area contributed by atoms with E-state index in [1.54, 1.807) is 0 Å². The Morgan fingerprint density at radius 3 is 2.26 bits per heavy atom. The molecule has 8 heteroatoms. The fourth-order valence-electron chi connectivity index (χ4n) is 1.90. The lowest BCUT2D eigenvalue weighted by Gasteiger charge is -2.29. The van der Waals surface area contributed by atoms with Crippen LogP contribution in [0.2, 0.25) is 0 Å². The van der Waals surface area contributed by atoms with E-state index >= 15 is 0 Å². The van der Waals surface area contributed by atoms with Crippen molar-refractivity contribution < 1.29 is 33.3 Å². The quantitative estimate of drug-likeness (QED) is 0.775. The normalized spacial score (nSPS) is 16.3. The van der Waals surface area contributed by atoms with Crippen LogP contribution in [0.25, 0.3) is 0 Å². The zero-order chi connectivity index (χ0) is 17.2. The van der Waals surface area contributed by atoms with Gasteiger partial charge in [-0.1, -0.05) is 0 Å². The minimum atomic E-state index is -1.34. The van der Waals surface area contributed by atoms with Crippen molar-refractivity contribution in [3.63, 3.8) is 0 Å². The predicted octanol–water partition coefficient (Wildman–Crippen LogP) is 1.39. The molecule has 0 aromatic heterocycles. The second kappa shape index (κ2) is 6.07. The van der Waals surface area contributed by atoms with Gasteiger partial charge in [-0.05, 0) is 18.2 Å². The highest BCUT2D eigenvalue weighted by Gasteiger charge is 2.40. The molecule has 1 heterocycles. The molecule has 0 N–H and O–H groups in total. The Balaban J connectivity index is 2.41. The largest absolute Gasteiger partial charge is 0.496 e. The van der Waals surface area contributed by atoms with Gasteiger partial charge in [0, 0.05) is 13.8 Å². The van der Waals surface area contributed by atoms with Crippen molar-refractivity contribution in [2.24, 2.45) is 4.99 Å². The molecule has 1 aromatic rings. The number of benzene rings is 1. The Morgan fingerprint density at radius 1 is 1.13 bits per heavy atom. The van der Waals surface area contributed by atoms with E-state index in [0.717, 1.165) is 0 Å². The summed E-state index contributed by atoms with van der Waals surface area (Å²) in [6.07, 6.45) is 0. The minimum absolute atomic E-state index is 0.106. The molecule has 0 unspecified atom stereocenters. The lowest BCUT2D eigenvalue weighted by Crippen LogP contribution is -2.46. The van der Waals surface area contributed by atoms with Crippen LogP contribution >= 0.6 is 0 Å². The molecule has 1 aliphatic rings. The third kappa shape index (κ3) is 3.47. The van der Waals surface area contributed by atoms with E-state index in [4.69, 9.17) is 14.2 Å². The van der Waals surface area contributed by atoms with Crippen LogP contribution in [-0.2, 0) is 23.8 Å². The van der Waals surface area contributed by atoms with Crippen LogP contribution in [0.4, 0.5) is 5.69 Å². The molecule has 1 aromatic carbocycles. The van der Waals surface area contributed by atoms with Crippen LogP contribution < -0.4 is 4.74 Å². The number of carbonyl (C=O) groups is 3. The van der Waals surface area contributed by atoms with E-state index in [9.17, 15) is 14.4 Å². The maximum atomic E-state index is 11.9. The van der Waals surface area contributed by atoms with Crippen LogP contribution in [0.15, 0.2) is 23.2 Å². The van der Waals surface area contributed by atoms with Crippen molar-refractivity contribution >= 4 is 29.3 Å². The second-order valence-corrected chi connectivity index (χ2v) is 5.02. The highest BCUT2D eigenvalue weighted by Crippen LogP contribution is 2.26. The first-order valence-corrected chi connectivity index (χ1v) is 6.59. The van der Waals surface area contributed by atoms with E-state index in [-0.39, 0.29) is 17.0 Å². The Morgan fingerprint density at radius 2 is 1.74 bits per heavy atom. The Labute approximate surface area is 132 Å². The smallest absolute Gasteiger partial charge is 0.367 e. The van der Waals surface area contributed by atoms with E-state index < -0.39 is 29.4 Å². The molecule has 1 saturated heterocycles. The van der Waals surface area contributed by atoms with E-state index in [0.29, 0.717) is 0 Å². The molecular weight excluding hydrogens is 306 g/mol. The first kappa shape index (κ1) is 16.5. The number of esters is 3. The summed E-state index contributed by atoms with van der Waals surface area (Å²) in [5.74, 6) is -3.51. The summed E-state index contributed by atoms with van der Waals surface area (Å²) < 4.78 is 19.6. The molecule has 0 bridgehead atoms. The van der Waals surface area contributed by atoms with Gasteiger partial charge in [-0.3, -0.25) is 0 Å². The predicted molar refractivity (Wildman–Crippen MR) is 77.7 cm³/mol. The summed E-state index contributed by atoms with van der Waals surface area (Å²) in [4.78, 5) is 39.3. The number of nitrogens with zero attached hydrogens (tertiary/aromatic N) is 1. The number of cyclic esters (lactones) is 2. The molecule has 0 aliphatic carbocycles. The Hall–Kier alpha value is -2.90. The third-order valence-electron chi connectivity index (χ3n) is 2.89. The van der Waals surface area contributed by atoms with Crippen LogP contribution in [0.5, 0.6) is 5.75 Å². The molecule has 0 saturated carbocycles. The molecule has 122 valence electrons. The summed E-state index contributed by atoms with van der Waals surface area (Å²) in [5, 5.41) is 0. The maximum absolute atomic E-state index is 11.9. The van der Waals surface area contributed by atoms with Gasteiger partial charge in [0.2, 0.25) is 5.71 Å². The second-order valence-electron chi connectivity index (χ2n) is 5.02. The van der Waals surface area contributed by atoms with Gasteiger partial charge in [-0.2, -0.15) is 0 Å². The number of hydrogen-bond acceptors (Lipinski definition) is 8. The number of ether oxygens (including phenoxy) is 4. The minimum Gasteiger partial charge on any atom is -0.496 e. The van der Waals surface area contributed by atoms with Crippen molar-refractivity contribution in [2.75, 3.05) is 14.2 Å². The van der Waals surface area contributed by atoms with Crippen molar-refractivity contribution in [2.45, 2.75) is 19.6 Å². The average Bonchev–Trinajstić information content (AvgIpc) is 2.49. The first-order valence-electron chi connectivity index (χ1n) is 6.59. The highest BCUT2D eigenvalue weighted by atomic mass is 16.7. The first-order chi connectivity index (χ1) is 10.8. The number of rotatable bonds is 3. The standard InChI is InChI=1S/C15H15NO7/c1-15(2)22-13(18)11(14(19)23-15)16-8-5-6-10(20-3)9(7-8)12(17)21-4/h5-7H,1-4H3. The molecule has 0 amide bonds. The highest BCUT2D eigenvalue weighted by molar-refractivity contribution is 6.63. The van der Waals surface area contributed by atoms with Gasteiger partial charge in [-0.15, -0.1) is 0 Å². The number of methoxy groups -OCH3 is 2. The monoisotopic (exact) mass is 321 g/mol. The van der Waals surface area contributed by atoms with Gasteiger partial charge < -0.3 is 18.9 Å². The van der Waals surface area contributed by atoms with Gasteiger partial charge in [0.1, 0.15) is 11.3 Å². The van der Waals surface area contributed by atoms with Crippen LogP contribution in [0.1, 0.15) is 24.2 Å². The molecule has 0 radical (unpaired) electrons. The molecule has 1 fully saturated rings. The Bertz CT molecular complexity index is 684. The molecule has 0 spiro atoms. The van der Waals surface area contributed by atoms with Crippen molar-refractivity contribution in [3.8, 4) is 5.75 Å². The zero-order valence-corrected chi connectivity index (χ0v) is 13.0. The van der Waals surface area contributed by atoms with Crippen LogP contribution in [0, 0.1) is 0 Å². The fourth-order valence-corrected chi connectivity index (χ4v) is 1.90. The zero-order valence-electron chi connectivity index (χ0n) is 13.0. The molecule has 0 atom stereocenters. The van der Waals surface area contributed by atoms with Gasteiger partial charge in [0.05, 0.1) is 19.9 Å². The van der Waals surface area contributed by atoms with E-state index in [1.807, 2.05) is 0 Å². The summed E-state index contributed by atoms with van der Waals surface area (Å²) in [5.41, 5.74) is -0.227. The lowest BCUT2D eigenvalue weighted by molar-refractivity contribution is -0.214. The molecule has 23 heavy (non-hydrogen) atoms. The summed E-state index contributed by atoms with van der Waals surface area (Å²) in [6.45, 7) is 2.87. The van der Waals surface area contributed by atoms with E-state index in [1.165, 1.54) is 46.3 Å². The van der Waals surface area contributed by atoms with E-state index in [2.05, 4.69) is 9.73 Å². The molecule has 2 rings (SSSR count). The van der Waals surface area contributed by atoms with Crippen LogP contribution in [0.3, 0.4) is 0 Å². The fraction of sp³-hybridized carbons (Fsp3) is 0.333. The molecule has 1 aliphatic heterocycles. The van der Waals surface area contributed by atoms with Gasteiger partial charge in [0.25, 0.3) is 5.79 Å². The number of carbonyl (C=O) groups excluding carboxylic acids is 3. The summed E-state index contributed by atoms with van der Waals surface area (Å²) in [7, 11) is 2.61. The molecule has 8 nitrogen and oxygen atoms in total. The number of aliphatic imine (C=N–C) groups is 1. The SMILES string of the molecule is COC(=O)c1cc(N=C2C(=O)OC(C)(C)OC2=O)ccc1OC. The van der Waals surface area contributed by atoms with Gasteiger partial charge in [-0.25, -0.2) is 19.4 Å². The van der Waals surface area contributed by atoms with Crippen molar-refractivity contribution in [1.29, 1.82) is 0 Å². The summed E-state index contributed by atoms with van der Waals surface area (Å²) in [6, 6.07) is 4.27. The van der Waals surface area contributed by atoms with Crippen molar-refractivity contribution in [3.05, 3.63) is 23.8 Å². The lowest BCUT2D eigenvalue weighted by atomic mass is 10.1.